The highest BCUT2D eigenvalue weighted by Crippen LogP contribution is 2.27. The van der Waals surface area contributed by atoms with Crippen molar-refractivity contribution in [3.8, 4) is 0 Å². The van der Waals surface area contributed by atoms with E-state index in [9.17, 15) is 9.90 Å². The second kappa shape index (κ2) is 3.54. The van der Waals surface area contributed by atoms with Crippen molar-refractivity contribution in [3.63, 3.8) is 0 Å². The Bertz CT molecular complexity index is 367. The van der Waals surface area contributed by atoms with Crippen LogP contribution in [0, 0.1) is 0 Å². The first-order chi connectivity index (χ1) is 6.75. The summed E-state index contributed by atoms with van der Waals surface area (Å²) in [6.07, 6.45) is 1.11. The first-order valence-electron chi connectivity index (χ1n) is 4.41. The lowest BCUT2D eigenvalue weighted by Crippen LogP contribution is -2.15. The van der Waals surface area contributed by atoms with E-state index < -0.39 is 5.97 Å². The third kappa shape index (κ3) is 1.76. The van der Waals surface area contributed by atoms with Crippen molar-refractivity contribution >= 4 is 5.97 Å². The predicted octanol–water partition coefficient (Wildman–Crippen LogP) is 2.12. The Kier molecular flexibility index (Phi) is 2.23. The fraction of sp³-hybridized carbons (Fsp3) is 0.182. The van der Waals surface area contributed by atoms with Crippen molar-refractivity contribution < 1.29 is 14.6 Å². The van der Waals surface area contributed by atoms with Gasteiger partial charge in [-0.05, 0) is 5.56 Å². The monoisotopic (exact) mass is 190 g/mol. The Morgan fingerprint density at radius 1 is 1.29 bits per heavy atom. The number of hydrogen-bond acceptors (Lipinski definition) is 3. The molecule has 1 aromatic rings. The summed E-state index contributed by atoms with van der Waals surface area (Å²) < 4.78 is 5.07. The van der Waals surface area contributed by atoms with E-state index in [1.54, 1.807) is 0 Å². The molecular formula is C11H10O3. The molecule has 0 fully saturated rings. The van der Waals surface area contributed by atoms with E-state index in [0.717, 1.165) is 11.6 Å². The zero-order valence-corrected chi connectivity index (χ0v) is 7.51. The number of benzene rings is 1. The van der Waals surface area contributed by atoms with E-state index in [-0.39, 0.29) is 11.9 Å². The molecule has 3 heteroatoms. The van der Waals surface area contributed by atoms with Crippen LogP contribution in [0.2, 0.25) is 0 Å². The summed E-state index contributed by atoms with van der Waals surface area (Å²) in [7, 11) is 0. The highest BCUT2D eigenvalue weighted by Gasteiger charge is 2.22. The lowest BCUT2D eigenvalue weighted by molar-refractivity contribution is -0.145. The molecule has 0 bridgehead atoms. The quantitative estimate of drug-likeness (QED) is 0.690. The lowest BCUT2D eigenvalue weighted by atomic mass is 10.0. The van der Waals surface area contributed by atoms with Crippen LogP contribution in [0.3, 0.4) is 0 Å². The van der Waals surface area contributed by atoms with Gasteiger partial charge in [0.2, 0.25) is 0 Å². The van der Waals surface area contributed by atoms with Gasteiger partial charge in [-0.15, -0.1) is 0 Å². The molecule has 1 aromatic carbocycles. The molecule has 3 nitrogen and oxygen atoms in total. The van der Waals surface area contributed by atoms with Crippen molar-refractivity contribution in [1.29, 1.82) is 0 Å². The molecule has 0 aromatic heterocycles. The number of aliphatic hydroxyl groups excluding tert-OH is 1. The number of ether oxygens (including phenoxy) is 1. The van der Waals surface area contributed by atoms with Gasteiger partial charge in [0.25, 0.3) is 0 Å². The van der Waals surface area contributed by atoms with Gasteiger partial charge in [-0.1, -0.05) is 30.3 Å². The maximum atomic E-state index is 11.0. The first-order valence-corrected chi connectivity index (χ1v) is 4.41. The van der Waals surface area contributed by atoms with Gasteiger partial charge in [-0.25, -0.2) is 4.79 Å². The number of cyclic esters (lactones) is 1. The second-order valence-electron chi connectivity index (χ2n) is 3.18. The standard InChI is InChI=1S/C11H10O3/c12-9-6-10(14-11(13)7-9)8-4-2-1-3-5-8/h1-5,7,10,12H,6H2/t10-/m0/s1. The Labute approximate surface area is 81.6 Å². The number of esters is 1. The van der Waals surface area contributed by atoms with Gasteiger partial charge < -0.3 is 9.84 Å². The summed E-state index contributed by atoms with van der Waals surface area (Å²) in [4.78, 5) is 11.0. The Morgan fingerprint density at radius 3 is 2.64 bits per heavy atom. The average Bonchev–Trinajstić information content (AvgIpc) is 2.18. The van der Waals surface area contributed by atoms with Crippen LogP contribution < -0.4 is 0 Å². The van der Waals surface area contributed by atoms with Crippen molar-refractivity contribution in [1.82, 2.24) is 0 Å². The third-order valence-corrected chi connectivity index (χ3v) is 2.11. The van der Waals surface area contributed by atoms with E-state index in [4.69, 9.17) is 4.74 Å². The lowest BCUT2D eigenvalue weighted by Gasteiger charge is -2.20. The first kappa shape index (κ1) is 8.81. The molecule has 1 heterocycles. The smallest absolute Gasteiger partial charge is 0.334 e. The SMILES string of the molecule is O=C1C=C(O)C[C@@H](c2ccccc2)O1. The molecule has 0 amide bonds. The highest BCUT2D eigenvalue weighted by atomic mass is 16.5. The molecule has 72 valence electrons. The Balaban J connectivity index is 2.22. The second-order valence-corrected chi connectivity index (χ2v) is 3.18. The maximum Gasteiger partial charge on any atom is 0.334 e. The molecule has 0 aliphatic carbocycles. The molecule has 0 unspecified atom stereocenters. The van der Waals surface area contributed by atoms with Gasteiger partial charge in [-0.2, -0.15) is 0 Å². The zero-order valence-electron chi connectivity index (χ0n) is 7.51. The average molecular weight is 190 g/mol. The van der Waals surface area contributed by atoms with Gasteiger partial charge in [0.1, 0.15) is 11.9 Å². The number of aliphatic hydroxyl groups is 1. The van der Waals surface area contributed by atoms with Crippen LogP contribution in [-0.4, -0.2) is 11.1 Å². The van der Waals surface area contributed by atoms with Gasteiger partial charge >= 0.3 is 5.97 Å². The third-order valence-electron chi connectivity index (χ3n) is 2.11. The van der Waals surface area contributed by atoms with E-state index >= 15 is 0 Å². The minimum atomic E-state index is -0.484. The van der Waals surface area contributed by atoms with Crippen molar-refractivity contribution in [2.75, 3.05) is 0 Å². The maximum absolute atomic E-state index is 11.0. The van der Waals surface area contributed by atoms with Crippen LogP contribution >= 0.6 is 0 Å². The van der Waals surface area contributed by atoms with Crippen LogP contribution in [0.5, 0.6) is 0 Å². The van der Waals surface area contributed by atoms with Crippen LogP contribution in [0.15, 0.2) is 42.2 Å². The zero-order chi connectivity index (χ0) is 9.97. The van der Waals surface area contributed by atoms with Gasteiger partial charge in [0.15, 0.2) is 0 Å². The molecule has 1 aliphatic heterocycles. The summed E-state index contributed by atoms with van der Waals surface area (Å²) in [5, 5.41) is 9.27. The molecule has 1 atom stereocenters. The van der Waals surface area contributed by atoms with Crippen LogP contribution in [0.1, 0.15) is 18.1 Å². The van der Waals surface area contributed by atoms with Crippen molar-refractivity contribution in [2.45, 2.75) is 12.5 Å². The van der Waals surface area contributed by atoms with Crippen molar-refractivity contribution in [3.05, 3.63) is 47.7 Å². The molecule has 0 radical (unpaired) electrons. The molecular weight excluding hydrogens is 180 g/mol. The number of rotatable bonds is 1. The van der Waals surface area contributed by atoms with Gasteiger partial charge in [-0.3, -0.25) is 0 Å². The molecule has 0 saturated carbocycles. The highest BCUT2D eigenvalue weighted by molar-refractivity contribution is 5.83. The van der Waals surface area contributed by atoms with Crippen molar-refractivity contribution in [2.24, 2.45) is 0 Å². The predicted molar refractivity (Wildman–Crippen MR) is 50.6 cm³/mol. The summed E-state index contributed by atoms with van der Waals surface area (Å²) in [5.41, 5.74) is 0.903. The van der Waals surface area contributed by atoms with Crippen LogP contribution in [-0.2, 0) is 9.53 Å². The molecule has 0 spiro atoms. The summed E-state index contributed by atoms with van der Waals surface area (Å²) in [5.74, 6) is -0.405. The molecule has 2 rings (SSSR count). The number of carbonyl (C=O) groups excluding carboxylic acids is 1. The molecule has 0 saturated heterocycles. The van der Waals surface area contributed by atoms with Crippen LogP contribution in [0.4, 0.5) is 0 Å². The fourth-order valence-corrected chi connectivity index (χ4v) is 1.45. The van der Waals surface area contributed by atoms with E-state index in [1.807, 2.05) is 30.3 Å². The minimum absolute atomic E-state index is 0.0788. The number of carbonyl (C=O) groups is 1. The number of hydrogen-bond donors (Lipinski definition) is 1. The Morgan fingerprint density at radius 2 is 2.00 bits per heavy atom. The summed E-state index contributed by atoms with van der Waals surface area (Å²) in [6.45, 7) is 0. The molecule has 14 heavy (non-hydrogen) atoms. The fourth-order valence-electron chi connectivity index (χ4n) is 1.45. The minimum Gasteiger partial charge on any atom is -0.512 e. The molecule has 1 aliphatic rings. The van der Waals surface area contributed by atoms with E-state index in [1.165, 1.54) is 0 Å². The van der Waals surface area contributed by atoms with E-state index in [0.29, 0.717) is 6.42 Å². The topological polar surface area (TPSA) is 46.5 Å². The van der Waals surface area contributed by atoms with Gasteiger partial charge in [0.05, 0.1) is 6.08 Å². The Hall–Kier alpha value is -1.77. The molecule has 1 N–H and O–H groups in total. The van der Waals surface area contributed by atoms with Gasteiger partial charge in [0, 0.05) is 6.42 Å². The van der Waals surface area contributed by atoms with E-state index in [2.05, 4.69) is 0 Å². The summed E-state index contributed by atoms with van der Waals surface area (Å²) in [6, 6.07) is 9.38. The normalized spacial score (nSPS) is 21.3. The van der Waals surface area contributed by atoms with Crippen LogP contribution in [0.25, 0.3) is 0 Å². The largest absolute Gasteiger partial charge is 0.512 e. The summed E-state index contributed by atoms with van der Waals surface area (Å²) >= 11 is 0.